The average molecular weight is 431 g/mol. The van der Waals surface area contributed by atoms with Gasteiger partial charge in [0.15, 0.2) is 5.54 Å². The standard InChI is InChI=1S/C26H26N2O4/c1-18-9-10-21(17-19(18)2)26(20-7-5-4-6-8-20)24(29)28(25(30)27-26)15-16-32-23-13-11-22(31-3)12-14-23/h4-14,17H,15-16H2,1-3H3,(H,27,30)/t26-/m1/s1. The molecule has 3 aromatic rings. The molecule has 1 atom stereocenters. The van der Waals surface area contributed by atoms with Gasteiger partial charge in [-0.05, 0) is 60.4 Å². The Hall–Kier alpha value is -3.80. The van der Waals surface area contributed by atoms with Gasteiger partial charge >= 0.3 is 6.03 Å². The van der Waals surface area contributed by atoms with Crippen LogP contribution in [0.15, 0.2) is 72.8 Å². The van der Waals surface area contributed by atoms with E-state index >= 15 is 0 Å². The van der Waals surface area contributed by atoms with Gasteiger partial charge in [0.2, 0.25) is 0 Å². The third-order valence-corrected chi connectivity index (χ3v) is 5.90. The SMILES string of the molecule is COc1ccc(OCCN2C(=O)N[C@](c3ccccc3)(c3ccc(C)c(C)c3)C2=O)cc1. The Bertz CT molecular complexity index is 1130. The second-order valence-corrected chi connectivity index (χ2v) is 7.83. The molecule has 0 aromatic heterocycles. The second-order valence-electron chi connectivity index (χ2n) is 7.83. The van der Waals surface area contributed by atoms with Gasteiger partial charge < -0.3 is 14.8 Å². The summed E-state index contributed by atoms with van der Waals surface area (Å²) < 4.78 is 10.9. The maximum absolute atomic E-state index is 13.7. The lowest BCUT2D eigenvalue weighted by molar-refractivity contribution is -0.130. The monoisotopic (exact) mass is 430 g/mol. The van der Waals surface area contributed by atoms with Gasteiger partial charge in [-0.3, -0.25) is 9.69 Å². The van der Waals surface area contributed by atoms with Crippen LogP contribution in [-0.4, -0.2) is 37.1 Å². The minimum absolute atomic E-state index is 0.135. The molecule has 0 radical (unpaired) electrons. The fraction of sp³-hybridized carbons (Fsp3) is 0.231. The molecular weight excluding hydrogens is 404 g/mol. The van der Waals surface area contributed by atoms with Gasteiger partial charge in [0, 0.05) is 0 Å². The van der Waals surface area contributed by atoms with Crippen LogP contribution in [0, 0.1) is 13.8 Å². The van der Waals surface area contributed by atoms with Crippen molar-refractivity contribution in [1.82, 2.24) is 10.2 Å². The van der Waals surface area contributed by atoms with E-state index in [1.54, 1.807) is 31.4 Å². The molecule has 1 N–H and O–H groups in total. The molecule has 1 heterocycles. The number of ether oxygens (including phenoxy) is 2. The molecule has 1 aliphatic rings. The van der Waals surface area contributed by atoms with E-state index in [9.17, 15) is 9.59 Å². The van der Waals surface area contributed by atoms with Crippen molar-refractivity contribution in [2.24, 2.45) is 0 Å². The fourth-order valence-corrected chi connectivity index (χ4v) is 3.93. The highest BCUT2D eigenvalue weighted by atomic mass is 16.5. The molecule has 0 bridgehead atoms. The van der Waals surface area contributed by atoms with E-state index in [0.717, 1.165) is 28.0 Å². The van der Waals surface area contributed by atoms with Crippen molar-refractivity contribution in [2.75, 3.05) is 20.3 Å². The lowest BCUT2D eigenvalue weighted by Crippen LogP contribution is -2.45. The van der Waals surface area contributed by atoms with Gasteiger partial charge in [0.05, 0.1) is 13.7 Å². The van der Waals surface area contributed by atoms with Crippen LogP contribution in [0.25, 0.3) is 0 Å². The number of imide groups is 1. The summed E-state index contributed by atoms with van der Waals surface area (Å²) in [6.45, 7) is 4.34. The first kappa shape index (κ1) is 21.4. The smallest absolute Gasteiger partial charge is 0.325 e. The van der Waals surface area contributed by atoms with Crippen molar-refractivity contribution in [2.45, 2.75) is 19.4 Å². The Balaban J connectivity index is 1.60. The van der Waals surface area contributed by atoms with E-state index in [0.29, 0.717) is 5.75 Å². The highest BCUT2D eigenvalue weighted by molar-refractivity contribution is 6.09. The number of nitrogens with one attached hydrogen (secondary N) is 1. The average Bonchev–Trinajstić information content (AvgIpc) is 3.07. The molecule has 0 spiro atoms. The van der Waals surface area contributed by atoms with E-state index in [1.165, 1.54) is 4.90 Å². The zero-order valence-corrected chi connectivity index (χ0v) is 18.4. The largest absolute Gasteiger partial charge is 0.497 e. The summed E-state index contributed by atoms with van der Waals surface area (Å²) in [6.07, 6.45) is 0. The zero-order chi connectivity index (χ0) is 22.7. The molecule has 32 heavy (non-hydrogen) atoms. The first-order valence-corrected chi connectivity index (χ1v) is 10.5. The number of methoxy groups -OCH3 is 1. The summed E-state index contributed by atoms with van der Waals surface area (Å²) in [5, 5.41) is 2.98. The maximum Gasteiger partial charge on any atom is 0.325 e. The zero-order valence-electron chi connectivity index (χ0n) is 18.4. The van der Waals surface area contributed by atoms with Crippen LogP contribution in [0.4, 0.5) is 4.79 Å². The molecule has 6 heteroatoms. The lowest BCUT2D eigenvalue weighted by Gasteiger charge is -2.28. The van der Waals surface area contributed by atoms with Crippen LogP contribution in [0.1, 0.15) is 22.3 Å². The van der Waals surface area contributed by atoms with Crippen molar-refractivity contribution < 1.29 is 19.1 Å². The first-order valence-electron chi connectivity index (χ1n) is 10.5. The van der Waals surface area contributed by atoms with Gasteiger partial charge in [-0.1, -0.05) is 48.5 Å². The number of hydrogen-bond acceptors (Lipinski definition) is 4. The molecule has 0 saturated carbocycles. The molecule has 1 saturated heterocycles. The molecule has 0 unspecified atom stereocenters. The third kappa shape index (κ3) is 3.80. The number of nitrogens with zero attached hydrogens (tertiary/aromatic N) is 1. The van der Waals surface area contributed by atoms with Crippen LogP contribution in [-0.2, 0) is 10.3 Å². The van der Waals surface area contributed by atoms with Gasteiger partial charge in [-0.25, -0.2) is 4.79 Å². The molecule has 3 amide bonds. The fourth-order valence-electron chi connectivity index (χ4n) is 3.93. The van der Waals surface area contributed by atoms with Crippen molar-refractivity contribution in [1.29, 1.82) is 0 Å². The molecule has 1 fully saturated rings. The summed E-state index contributed by atoms with van der Waals surface area (Å²) >= 11 is 0. The Kier molecular flexibility index (Phi) is 5.86. The number of aryl methyl sites for hydroxylation is 2. The lowest BCUT2D eigenvalue weighted by atomic mass is 9.81. The minimum Gasteiger partial charge on any atom is -0.497 e. The van der Waals surface area contributed by atoms with Crippen molar-refractivity contribution in [3.05, 3.63) is 95.1 Å². The summed E-state index contributed by atoms with van der Waals surface area (Å²) in [6, 6.07) is 21.9. The van der Waals surface area contributed by atoms with Crippen LogP contribution in [0.3, 0.4) is 0 Å². The van der Waals surface area contributed by atoms with Gasteiger partial charge in [0.25, 0.3) is 5.91 Å². The predicted molar refractivity (Wildman–Crippen MR) is 122 cm³/mol. The van der Waals surface area contributed by atoms with E-state index < -0.39 is 11.6 Å². The van der Waals surface area contributed by atoms with Crippen LogP contribution in [0.2, 0.25) is 0 Å². The second kappa shape index (κ2) is 8.75. The molecule has 1 aliphatic heterocycles. The topological polar surface area (TPSA) is 67.9 Å². The number of hydrogen-bond donors (Lipinski definition) is 1. The highest BCUT2D eigenvalue weighted by Gasteiger charge is 2.53. The van der Waals surface area contributed by atoms with Crippen LogP contribution in [0.5, 0.6) is 11.5 Å². The number of carbonyl (C=O) groups excluding carboxylic acids is 2. The predicted octanol–water partition coefficient (Wildman–Crippen LogP) is 4.19. The maximum atomic E-state index is 13.7. The Labute approximate surface area is 187 Å². The van der Waals surface area contributed by atoms with Crippen molar-refractivity contribution in [3.63, 3.8) is 0 Å². The number of rotatable bonds is 7. The number of amides is 3. The molecule has 3 aromatic carbocycles. The molecule has 6 nitrogen and oxygen atoms in total. The summed E-state index contributed by atoms with van der Waals surface area (Å²) in [5.41, 5.74) is 2.38. The summed E-state index contributed by atoms with van der Waals surface area (Å²) in [5.74, 6) is 1.06. The number of benzene rings is 3. The summed E-state index contributed by atoms with van der Waals surface area (Å²) in [4.78, 5) is 27.9. The van der Waals surface area contributed by atoms with Crippen LogP contribution >= 0.6 is 0 Å². The van der Waals surface area contributed by atoms with Gasteiger partial charge in [-0.2, -0.15) is 0 Å². The highest BCUT2D eigenvalue weighted by Crippen LogP contribution is 2.36. The van der Waals surface area contributed by atoms with Crippen molar-refractivity contribution in [3.8, 4) is 11.5 Å². The van der Waals surface area contributed by atoms with Crippen molar-refractivity contribution >= 4 is 11.9 Å². The Morgan fingerprint density at radius 1 is 0.844 bits per heavy atom. The van der Waals surface area contributed by atoms with E-state index in [2.05, 4.69) is 5.32 Å². The minimum atomic E-state index is -1.27. The Morgan fingerprint density at radius 2 is 1.53 bits per heavy atom. The number of carbonyl (C=O) groups is 2. The van der Waals surface area contributed by atoms with Crippen LogP contribution < -0.4 is 14.8 Å². The van der Waals surface area contributed by atoms with Gasteiger partial charge in [-0.15, -0.1) is 0 Å². The Morgan fingerprint density at radius 3 is 2.19 bits per heavy atom. The number of urea groups is 1. The molecule has 4 rings (SSSR count). The summed E-state index contributed by atoms with van der Waals surface area (Å²) in [7, 11) is 1.60. The quantitative estimate of drug-likeness (QED) is 0.571. The molecular formula is C26H26N2O4. The normalized spacial score (nSPS) is 17.9. The third-order valence-electron chi connectivity index (χ3n) is 5.90. The van der Waals surface area contributed by atoms with Gasteiger partial charge in [0.1, 0.15) is 18.1 Å². The van der Waals surface area contributed by atoms with E-state index in [-0.39, 0.29) is 19.1 Å². The molecule has 164 valence electrons. The van der Waals surface area contributed by atoms with E-state index in [1.807, 2.05) is 62.4 Å². The molecule has 0 aliphatic carbocycles. The first-order chi connectivity index (χ1) is 15.5. The van der Waals surface area contributed by atoms with E-state index in [4.69, 9.17) is 9.47 Å².